The smallest absolute Gasteiger partial charge is 0.326 e. The van der Waals surface area contributed by atoms with Crippen LogP contribution in [0, 0.1) is 12.8 Å². The van der Waals surface area contributed by atoms with E-state index in [2.05, 4.69) is 15.5 Å². The van der Waals surface area contributed by atoms with Gasteiger partial charge in [-0.15, -0.1) is 0 Å². The number of carbonyl (C=O) groups is 2. The molecule has 8 heteroatoms. The summed E-state index contributed by atoms with van der Waals surface area (Å²) in [6.45, 7) is 4.07. The van der Waals surface area contributed by atoms with Crippen molar-refractivity contribution >= 4 is 12.0 Å². The minimum atomic E-state index is -0.970. The summed E-state index contributed by atoms with van der Waals surface area (Å²) < 4.78 is 4.80. The molecular weight excluding hydrogens is 264 g/mol. The molecule has 1 aromatic rings. The van der Waals surface area contributed by atoms with Crippen LogP contribution in [-0.2, 0) is 11.3 Å². The first-order chi connectivity index (χ1) is 9.49. The highest BCUT2D eigenvalue weighted by molar-refractivity contribution is 5.83. The highest BCUT2D eigenvalue weighted by Gasteiger charge is 2.36. The van der Waals surface area contributed by atoms with E-state index in [4.69, 9.17) is 4.52 Å². The van der Waals surface area contributed by atoms with Crippen molar-refractivity contribution in [3.63, 3.8) is 0 Å². The highest BCUT2D eigenvalue weighted by atomic mass is 16.5. The molecule has 2 N–H and O–H groups in total. The van der Waals surface area contributed by atoms with Crippen molar-refractivity contribution in [2.75, 3.05) is 6.54 Å². The number of carbonyl (C=O) groups excluding carboxylic acids is 1. The van der Waals surface area contributed by atoms with Crippen LogP contribution in [0.4, 0.5) is 4.79 Å². The van der Waals surface area contributed by atoms with E-state index >= 15 is 0 Å². The lowest BCUT2D eigenvalue weighted by molar-refractivity contribution is -0.145. The fourth-order valence-electron chi connectivity index (χ4n) is 2.46. The first-order valence-corrected chi connectivity index (χ1v) is 6.55. The Morgan fingerprint density at radius 1 is 1.55 bits per heavy atom. The van der Waals surface area contributed by atoms with Gasteiger partial charge in [0.15, 0.2) is 5.82 Å². The number of carboxylic acids is 1. The number of aryl methyl sites for hydroxylation is 1. The predicted octanol–water partition coefficient (Wildman–Crippen LogP) is 0.773. The molecule has 110 valence electrons. The Kier molecular flexibility index (Phi) is 4.21. The van der Waals surface area contributed by atoms with Gasteiger partial charge in [0.05, 0.1) is 6.54 Å². The van der Waals surface area contributed by atoms with Gasteiger partial charge in [-0.2, -0.15) is 4.98 Å². The Labute approximate surface area is 116 Å². The Morgan fingerprint density at radius 2 is 2.30 bits per heavy atom. The van der Waals surface area contributed by atoms with Gasteiger partial charge in [-0.1, -0.05) is 12.1 Å². The second-order valence-electron chi connectivity index (χ2n) is 4.98. The molecule has 1 saturated heterocycles. The van der Waals surface area contributed by atoms with Crippen LogP contribution >= 0.6 is 0 Å². The molecule has 0 radical (unpaired) electrons. The minimum Gasteiger partial charge on any atom is -0.480 e. The van der Waals surface area contributed by atoms with E-state index in [-0.39, 0.29) is 12.5 Å². The van der Waals surface area contributed by atoms with Gasteiger partial charge in [0.25, 0.3) is 0 Å². The van der Waals surface area contributed by atoms with Gasteiger partial charge in [-0.3, -0.25) is 0 Å². The molecule has 20 heavy (non-hydrogen) atoms. The van der Waals surface area contributed by atoms with Crippen molar-refractivity contribution in [2.45, 2.75) is 39.3 Å². The number of likely N-dealkylation sites (tertiary alicyclic amines) is 1. The Bertz CT molecular complexity index is 501. The number of carboxylic acid groups (broad SMARTS) is 1. The van der Waals surface area contributed by atoms with E-state index < -0.39 is 18.0 Å². The van der Waals surface area contributed by atoms with Gasteiger partial charge < -0.3 is 19.8 Å². The maximum absolute atomic E-state index is 12.1. The topological polar surface area (TPSA) is 109 Å². The number of nitrogens with one attached hydrogen (secondary N) is 1. The van der Waals surface area contributed by atoms with Crippen LogP contribution in [0.15, 0.2) is 4.52 Å². The minimum absolute atomic E-state index is 0.0561. The molecule has 2 amide bonds. The van der Waals surface area contributed by atoms with Crippen LogP contribution in [0.2, 0.25) is 0 Å². The SMILES string of the molecule is Cc1nc(CNC(=O)N2CCCC(C)C2C(=O)O)no1. The first kappa shape index (κ1) is 14.3. The molecule has 0 aliphatic carbocycles. The average Bonchev–Trinajstić information content (AvgIpc) is 2.81. The molecule has 2 unspecified atom stereocenters. The van der Waals surface area contributed by atoms with Crippen molar-refractivity contribution in [2.24, 2.45) is 5.92 Å². The van der Waals surface area contributed by atoms with Crippen molar-refractivity contribution in [3.8, 4) is 0 Å². The lowest BCUT2D eigenvalue weighted by Gasteiger charge is -2.37. The van der Waals surface area contributed by atoms with E-state index in [1.807, 2.05) is 6.92 Å². The van der Waals surface area contributed by atoms with E-state index in [0.717, 1.165) is 12.8 Å². The Balaban J connectivity index is 1.97. The molecule has 0 aromatic carbocycles. The van der Waals surface area contributed by atoms with Gasteiger partial charge in [-0.05, 0) is 18.8 Å². The lowest BCUT2D eigenvalue weighted by Crippen LogP contribution is -2.54. The second kappa shape index (κ2) is 5.89. The maximum Gasteiger partial charge on any atom is 0.326 e. The summed E-state index contributed by atoms with van der Waals surface area (Å²) in [5.74, 6) is -0.237. The zero-order chi connectivity index (χ0) is 14.7. The van der Waals surface area contributed by atoms with Gasteiger partial charge >= 0.3 is 12.0 Å². The molecule has 1 aliphatic heterocycles. The van der Waals surface area contributed by atoms with Crippen LogP contribution in [0.5, 0.6) is 0 Å². The summed E-state index contributed by atoms with van der Waals surface area (Å²) in [6.07, 6.45) is 1.62. The molecule has 0 spiro atoms. The summed E-state index contributed by atoms with van der Waals surface area (Å²) in [5.41, 5.74) is 0. The molecule has 1 aliphatic rings. The summed E-state index contributed by atoms with van der Waals surface area (Å²) in [7, 11) is 0. The van der Waals surface area contributed by atoms with Gasteiger partial charge in [0.2, 0.25) is 5.89 Å². The number of amides is 2. The van der Waals surface area contributed by atoms with Crippen molar-refractivity contribution < 1.29 is 19.2 Å². The summed E-state index contributed by atoms with van der Waals surface area (Å²) in [6, 6.07) is -1.19. The van der Waals surface area contributed by atoms with Gasteiger partial charge in [0.1, 0.15) is 6.04 Å². The summed E-state index contributed by atoms with van der Waals surface area (Å²) in [5, 5.41) is 15.5. The normalized spacial score (nSPS) is 22.6. The van der Waals surface area contributed by atoms with Crippen molar-refractivity contribution in [1.29, 1.82) is 0 Å². The van der Waals surface area contributed by atoms with Crippen molar-refractivity contribution in [1.82, 2.24) is 20.4 Å². The molecule has 2 rings (SSSR count). The van der Waals surface area contributed by atoms with Gasteiger partial charge in [0, 0.05) is 13.5 Å². The number of piperidine rings is 1. The monoisotopic (exact) mass is 282 g/mol. The molecule has 1 fully saturated rings. The van der Waals surface area contributed by atoms with Crippen LogP contribution < -0.4 is 5.32 Å². The van der Waals surface area contributed by atoms with Crippen LogP contribution in [0.3, 0.4) is 0 Å². The predicted molar refractivity (Wildman–Crippen MR) is 67.8 cm³/mol. The van der Waals surface area contributed by atoms with Crippen LogP contribution in [0.25, 0.3) is 0 Å². The van der Waals surface area contributed by atoms with Crippen LogP contribution in [0.1, 0.15) is 31.5 Å². The Hall–Kier alpha value is -2.12. The largest absolute Gasteiger partial charge is 0.480 e. The summed E-state index contributed by atoms with van der Waals surface area (Å²) in [4.78, 5) is 28.7. The third-order valence-corrected chi connectivity index (χ3v) is 3.41. The fourth-order valence-corrected chi connectivity index (χ4v) is 2.46. The zero-order valence-corrected chi connectivity index (χ0v) is 11.5. The molecule has 0 bridgehead atoms. The number of aromatic nitrogens is 2. The number of rotatable bonds is 3. The molecular formula is C12H18N4O4. The quantitative estimate of drug-likeness (QED) is 0.847. The first-order valence-electron chi connectivity index (χ1n) is 6.55. The highest BCUT2D eigenvalue weighted by Crippen LogP contribution is 2.23. The van der Waals surface area contributed by atoms with E-state index in [0.29, 0.717) is 18.3 Å². The van der Waals surface area contributed by atoms with E-state index in [1.165, 1.54) is 4.90 Å². The molecule has 2 heterocycles. The standard InChI is InChI=1S/C12H18N4O4/c1-7-4-3-5-16(10(7)11(17)18)12(19)13-6-9-14-8(2)20-15-9/h7,10H,3-6H2,1-2H3,(H,13,19)(H,17,18). The summed E-state index contributed by atoms with van der Waals surface area (Å²) >= 11 is 0. The molecule has 0 saturated carbocycles. The molecule has 8 nitrogen and oxygen atoms in total. The number of urea groups is 1. The Morgan fingerprint density at radius 3 is 2.90 bits per heavy atom. The van der Waals surface area contributed by atoms with E-state index in [9.17, 15) is 14.7 Å². The maximum atomic E-state index is 12.1. The van der Waals surface area contributed by atoms with E-state index in [1.54, 1.807) is 6.92 Å². The number of hydrogen-bond donors (Lipinski definition) is 2. The van der Waals surface area contributed by atoms with Crippen LogP contribution in [-0.4, -0.2) is 44.7 Å². The molecule has 1 aromatic heterocycles. The third kappa shape index (κ3) is 3.06. The fraction of sp³-hybridized carbons (Fsp3) is 0.667. The average molecular weight is 282 g/mol. The number of nitrogens with zero attached hydrogens (tertiary/aromatic N) is 3. The van der Waals surface area contributed by atoms with Gasteiger partial charge in [-0.25, -0.2) is 9.59 Å². The number of hydrogen-bond acceptors (Lipinski definition) is 5. The lowest BCUT2D eigenvalue weighted by atomic mass is 9.91. The number of aliphatic carboxylic acids is 1. The second-order valence-corrected chi connectivity index (χ2v) is 4.98. The third-order valence-electron chi connectivity index (χ3n) is 3.41. The zero-order valence-electron chi connectivity index (χ0n) is 11.5. The molecule has 2 atom stereocenters. The van der Waals surface area contributed by atoms with Crippen molar-refractivity contribution in [3.05, 3.63) is 11.7 Å².